The molecule has 2 N–H and O–H groups in total. The van der Waals surface area contributed by atoms with Crippen molar-refractivity contribution in [3.8, 4) is 11.5 Å². The number of aliphatic hydroxyl groups is 1. The molecule has 0 radical (unpaired) electrons. The molecule has 0 spiro atoms. The summed E-state index contributed by atoms with van der Waals surface area (Å²) in [5.74, 6) is 1.74. The minimum absolute atomic E-state index is 0.00251. The molecule has 30 heavy (non-hydrogen) atoms. The number of aliphatic hydroxyl groups excluding tert-OH is 1. The Balaban J connectivity index is 1.64. The monoisotopic (exact) mass is 414 g/mol. The highest BCUT2D eigenvalue weighted by molar-refractivity contribution is 5.94. The number of nitrogens with zero attached hydrogens (tertiary/aromatic N) is 3. The van der Waals surface area contributed by atoms with E-state index in [-0.39, 0.29) is 18.6 Å². The molecule has 1 aliphatic rings. The number of hydrogen-bond donors (Lipinski definition) is 2. The van der Waals surface area contributed by atoms with Gasteiger partial charge in [0.25, 0.3) is 5.91 Å². The van der Waals surface area contributed by atoms with Crippen LogP contribution in [0.15, 0.2) is 36.7 Å². The SMILES string of the molecule is CCOc1ccccc1O[C@@H]1CCCN(c2ncc(C(=O)NC(C)(C)CO)cn2)C1. The molecule has 0 aliphatic carbocycles. The smallest absolute Gasteiger partial charge is 0.254 e. The van der Waals surface area contributed by atoms with E-state index in [1.54, 1.807) is 13.8 Å². The number of hydrogen-bond acceptors (Lipinski definition) is 7. The summed E-state index contributed by atoms with van der Waals surface area (Å²) in [5.41, 5.74) is -0.346. The van der Waals surface area contributed by atoms with E-state index in [1.165, 1.54) is 12.4 Å². The van der Waals surface area contributed by atoms with Crippen molar-refractivity contribution in [2.45, 2.75) is 45.3 Å². The molecule has 8 nitrogen and oxygen atoms in total. The van der Waals surface area contributed by atoms with E-state index >= 15 is 0 Å². The topological polar surface area (TPSA) is 96.8 Å². The molecule has 1 aromatic heterocycles. The Kier molecular flexibility index (Phi) is 7.10. The molecule has 3 rings (SSSR count). The van der Waals surface area contributed by atoms with Gasteiger partial charge in [-0.1, -0.05) is 12.1 Å². The maximum Gasteiger partial charge on any atom is 0.254 e. The summed E-state index contributed by atoms with van der Waals surface area (Å²) in [6.45, 7) is 7.36. The Hall–Kier alpha value is -2.87. The number of benzene rings is 1. The average molecular weight is 415 g/mol. The highest BCUT2D eigenvalue weighted by atomic mass is 16.5. The van der Waals surface area contributed by atoms with Gasteiger partial charge in [-0.05, 0) is 45.7 Å². The zero-order valence-corrected chi connectivity index (χ0v) is 17.8. The summed E-state index contributed by atoms with van der Waals surface area (Å²) in [6, 6.07) is 7.69. The minimum Gasteiger partial charge on any atom is -0.490 e. The summed E-state index contributed by atoms with van der Waals surface area (Å²) >= 11 is 0. The number of carbonyl (C=O) groups is 1. The third kappa shape index (κ3) is 5.60. The highest BCUT2D eigenvalue weighted by Gasteiger charge is 2.25. The van der Waals surface area contributed by atoms with Crippen molar-refractivity contribution in [3.63, 3.8) is 0 Å². The second-order valence-electron chi connectivity index (χ2n) is 7.98. The number of ether oxygens (including phenoxy) is 2. The van der Waals surface area contributed by atoms with E-state index in [0.29, 0.717) is 24.7 Å². The van der Waals surface area contributed by atoms with Gasteiger partial charge >= 0.3 is 0 Å². The van der Waals surface area contributed by atoms with Crippen molar-refractivity contribution >= 4 is 11.9 Å². The van der Waals surface area contributed by atoms with Crippen LogP contribution in [0.3, 0.4) is 0 Å². The number of aromatic nitrogens is 2. The van der Waals surface area contributed by atoms with Gasteiger partial charge < -0.3 is 24.8 Å². The van der Waals surface area contributed by atoms with Crippen LogP contribution in [0.4, 0.5) is 5.95 Å². The predicted octanol–water partition coefficient (Wildman–Crippen LogP) is 2.42. The van der Waals surface area contributed by atoms with Gasteiger partial charge in [-0.25, -0.2) is 9.97 Å². The first-order chi connectivity index (χ1) is 14.4. The number of para-hydroxylation sites is 2. The van der Waals surface area contributed by atoms with E-state index in [1.807, 2.05) is 31.2 Å². The fraction of sp³-hybridized carbons (Fsp3) is 0.500. The molecule has 1 aromatic carbocycles. The van der Waals surface area contributed by atoms with Gasteiger partial charge in [0, 0.05) is 18.9 Å². The highest BCUT2D eigenvalue weighted by Crippen LogP contribution is 2.29. The van der Waals surface area contributed by atoms with E-state index < -0.39 is 5.54 Å². The lowest BCUT2D eigenvalue weighted by molar-refractivity contribution is 0.0868. The van der Waals surface area contributed by atoms with Crippen molar-refractivity contribution in [2.75, 3.05) is 31.2 Å². The third-order valence-corrected chi connectivity index (χ3v) is 4.85. The van der Waals surface area contributed by atoms with Crippen LogP contribution in [-0.2, 0) is 0 Å². The second-order valence-corrected chi connectivity index (χ2v) is 7.98. The summed E-state index contributed by atoms with van der Waals surface area (Å²) in [4.78, 5) is 23.1. The fourth-order valence-corrected chi connectivity index (χ4v) is 3.24. The van der Waals surface area contributed by atoms with Gasteiger partial charge in [-0.15, -0.1) is 0 Å². The largest absolute Gasteiger partial charge is 0.490 e. The number of carbonyl (C=O) groups excluding carboxylic acids is 1. The number of rotatable bonds is 8. The van der Waals surface area contributed by atoms with Crippen molar-refractivity contribution in [1.29, 1.82) is 0 Å². The Morgan fingerprint density at radius 2 is 1.97 bits per heavy atom. The number of anilines is 1. The molecule has 1 saturated heterocycles. The van der Waals surface area contributed by atoms with Gasteiger partial charge in [-0.3, -0.25) is 4.79 Å². The van der Waals surface area contributed by atoms with Gasteiger partial charge in [0.2, 0.25) is 5.95 Å². The molecule has 1 amide bonds. The number of amides is 1. The molecule has 0 bridgehead atoms. The Bertz CT molecular complexity index is 841. The Morgan fingerprint density at radius 1 is 1.27 bits per heavy atom. The van der Waals surface area contributed by atoms with Crippen LogP contribution in [-0.4, -0.2) is 58.9 Å². The fourth-order valence-electron chi connectivity index (χ4n) is 3.24. The number of piperidine rings is 1. The zero-order chi connectivity index (χ0) is 21.6. The molecule has 0 unspecified atom stereocenters. The predicted molar refractivity (Wildman–Crippen MR) is 114 cm³/mol. The second kappa shape index (κ2) is 9.75. The summed E-state index contributed by atoms with van der Waals surface area (Å²) in [5, 5.41) is 12.1. The van der Waals surface area contributed by atoms with Crippen LogP contribution < -0.4 is 19.7 Å². The maximum atomic E-state index is 12.3. The molecule has 1 atom stereocenters. The summed E-state index contributed by atoms with van der Waals surface area (Å²) in [7, 11) is 0. The van der Waals surface area contributed by atoms with E-state index in [4.69, 9.17) is 9.47 Å². The van der Waals surface area contributed by atoms with Crippen molar-refractivity contribution < 1.29 is 19.4 Å². The van der Waals surface area contributed by atoms with Crippen molar-refractivity contribution in [2.24, 2.45) is 0 Å². The van der Waals surface area contributed by atoms with Crippen LogP contribution in [0.1, 0.15) is 44.0 Å². The Labute approximate surface area is 177 Å². The first kappa shape index (κ1) is 21.8. The minimum atomic E-state index is -0.703. The first-order valence-electron chi connectivity index (χ1n) is 10.3. The zero-order valence-electron chi connectivity index (χ0n) is 17.8. The molecule has 162 valence electrons. The third-order valence-electron chi connectivity index (χ3n) is 4.85. The van der Waals surface area contributed by atoms with E-state index in [2.05, 4.69) is 20.2 Å². The average Bonchev–Trinajstić information content (AvgIpc) is 2.75. The van der Waals surface area contributed by atoms with Gasteiger partial charge in [0.15, 0.2) is 11.5 Å². The molecule has 0 saturated carbocycles. The summed E-state index contributed by atoms with van der Waals surface area (Å²) < 4.78 is 11.9. The lowest BCUT2D eigenvalue weighted by Crippen LogP contribution is -2.46. The lowest BCUT2D eigenvalue weighted by Gasteiger charge is -2.33. The standard InChI is InChI=1S/C22H30N4O4/c1-4-29-18-9-5-6-10-19(18)30-17-8-7-11-26(14-17)21-23-12-16(13-24-21)20(28)25-22(2,3)15-27/h5-6,9-10,12-13,17,27H,4,7-8,11,14-15H2,1-3H3,(H,25,28)/t17-/m1/s1. The normalized spacial score (nSPS) is 16.8. The van der Waals surface area contributed by atoms with Gasteiger partial charge in [0.1, 0.15) is 6.10 Å². The van der Waals surface area contributed by atoms with Crippen molar-refractivity contribution in [3.05, 3.63) is 42.2 Å². The molecule has 1 aliphatic heterocycles. The molecule has 2 aromatic rings. The van der Waals surface area contributed by atoms with Crippen molar-refractivity contribution in [1.82, 2.24) is 15.3 Å². The summed E-state index contributed by atoms with van der Waals surface area (Å²) in [6.07, 6.45) is 4.92. The molecule has 1 fully saturated rings. The van der Waals surface area contributed by atoms with E-state index in [9.17, 15) is 9.90 Å². The molecule has 2 heterocycles. The van der Waals surface area contributed by atoms with Crippen LogP contribution in [0.5, 0.6) is 11.5 Å². The maximum absolute atomic E-state index is 12.3. The van der Waals surface area contributed by atoms with E-state index in [0.717, 1.165) is 30.9 Å². The first-order valence-corrected chi connectivity index (χ1v) is 10.3. The quantitative estimate of drug-likeness (QED) is 0.685. The van der Waals surface area contributed by atoms with Crippen LogP contribution in [0.2, 0.25) is 0 Å². The molecular formula is C22H30N4O4. The molecular weight excluding hydrogens is 384 g/mol. The van der Waals surface area contributed by atoms with Crippen LogP contribution in [0, 0.1) is 0 Å². The number of nitrogens with one attached hydrogen (secondary N) is 1. The van der Waals surface area contributed by atoms with Crippen LogP contribution in [0.25, 0.3) is 0 Å². The van der Waals surface area contributed by atoms with Gasteiger partial charge in [-0.2, -0.15) is 0 Å². The molecule has 8 heteroatoms. The lowest BCUT2D eigenvalue weighted by atomic mass is 10.1. The van der Waals surface area contributed by atoms with Gasteiger partial charge in [0.05, 0.1) is 30.9 Å². The van der Waals surface area contributed by atoms with Crippen LogP contribution >= 0.6 is 0 Å². The Morgan fingerprint density at radius 3 is 2.63 bits per heavy atom.